The topological polar surface area (TPSA) is 87.7 Å². The molecule has 5 aliphatic rings. The molecule has 1 saturated heterocycles. The second-order valence-corrected chi connectivity index (χ2v) is 12.0. The van der Waals surface area contributed by atoms with Gasteiger partial charge in [-0.1, -0.05) is 36.4 Å². The number of nitrogens with zero attached hydrogens (tertiary/aromatic N) is 1. The summed E-state index contributed by atoms with van der Waals surface area (Å²) >= 11 is 0. The van der Waals surface area contributed by atoms with Gasteiger partial charge >= 0.3 is 0 Å². The molecule has 7 heteroatoms. The van der Waals surface area contributed by atoms with Crippen LogP contribution in [0.4, 0.5) is 5.69 Å². The second kappa shape index (κ2) is 8.94. The number of nitrogens with one attached hydrogen (secondary N) is 2. The lowest BCUT2D eigenvalue weighted by atomic mass is 9.51. The van der Waals surface area contributed by atoms with Gasteiger partial charge in [0.15, 0.2) is 5.78 Å². The molecule has 198 valence electrons. The third kappa shape index (κ3) is 3.54. The Hall–Kier alpha value is -3.19. The van der Waals surface area contributed by atoms with E-state index in [4.69, 9.17) is 4.74 Å². The molecule has 38 heavy (non-hydrogen) atoms. The first-order valence-electron chi connectivity index (χ1n) is 14.2. The van der Waals surface area contributed by atoms with Gasteiger partial charge in [-0.05, 0) is 75.5 Å². The fourth-order valence-corrected chi connectivity index (χ4v) is 8.10. The molecule has 2 N–H and O–H groups in total. The Balaban J connectivity index is 1.21. The van der Waals surface area contributed by atoms with Crippen LogP contribution < -0.4 is 15.4 Å². The number of anilines is 1. The zero-order valence-electron chi connectivity index (χ0n) is 21.8. The van der Waals surface area contributed by atoms with Gasteiger partial charge in [0.1, 0.15) is 11.9 Å². The predicted octanol–water partition coefficient (Wildman–Crippen LogP) is 3.71. The van der Waals surface area contributed by atoms with E-state index in [1.54, 1.807) is 19.1 Å². The maximum Gasteiger partial charge on any atom is 0.231 e. The molecule has 0 aromatic heterocycles. The molecule has 3 fully saturated rings. The predicted molar refractivity (Wildman–Crippen MR) is 143 cm³/mol. The minimum absolute atomic E-state index is 0.170. The molecule has 2 saturated carbocycles. The number of ketones is 1. The first-order valence-corrected chi connectivity index (χ1v) is 14.2. The minimum Gasteiger partial charge on any atom is -0.485 e. The van der Waals surface area contributed by atoms with E-state index in [0.29, 0.717) is 29.6 Å². The molecule has 2 bridgehead atoms. The summed E-state index contributed by atoms with van der Waals surface area (Å²) in [5.41, 5.74) is 3.65. The standard InChI is InChI=1S/C31H35N3O4/c1-18(27(36)20-5-3-2-4-6-20)30(37)33-24-12-10-22-25-15-21-9-11-23(32-17-35)28-26(21)31(22,29(24)38-28)13-14-34(25)16-19-7-8-19/h2-6,9,11,17-19,22,24-25,29H,7-8,10,12-16H2,1H3,(H,32,35)(H,33,37)/t18?,22-,24+,25+,29-,31-/m0/s1. The van der Waals surface area contributed by atoms with Crippen molar-refractivity contribution < 1.29 is 19.1 Å². The Kier molecular flexibility index (Phi) is 5.62. The highest BCUT2D eigenvalue weighted by Crippen LogP contribution is 2.63. The van der Waals surface area contributed by atoms with E-state index in [-0.39, 0.29) is 29.3 Å². The second-order valence-electron chi connectivity index (χ2n) is 12.0. The lowest BCUT2D eigenvalue weighted by molar-refractivity contribution is -0.127. The molecular weight excluding hydrogens is 478 g/mol. The number of carbonyl (C=O) groups excluding carboxylic acids is 3. The van der Waals surface area contributed by atoms with Gasteiger partial charge in [0, 0.05) is 29.1 Å². The lowest BCUT2D eigenvalue weighted by Crippen LogP contribution is -2.69. The quantitative estimate of drug-likeness (QED) is 0.319. The molecular formula is C31H35N3O4. The van der Waals surface area contributed by atoms with E-state index in [9.17, 15) is 14.4 Å². The number of hydrogen-bond acceptors (Lipinski definition) is 5. The number of rotatable bonds is 8. The van der Waals surface area contributed by atoms with Gasteiger partial charge in [-0.15, -0.1) is 0 Å². The fraction of sp³-hybridized carbons (Fsp3) is 0.516. The summed E-state index contributed by atoms with van der Waals surface area (Å²) in [5, 5.41) is 6.11. The summed E-state index contributed by atoms with van der Waals surface area (Å²) in [6.07, 6.45) is 7.03. The maximum atomic E-state index is 13.4. The Bertz CT molecular complexity index is 1290. The highest BCUT2D eigenvalue weighted by atomic mass is 16.5. The van der Waals surface area contributed by atoms with Crippen molar-refractivity contribution in [3.8, 4) is 5.75 Å². The van der Waals surface area contributed by atoms with E-state index in [2.05, 4.69) is 21.6 Å². The monoisotopic (exact) mass is 513 g/mol. The van der Waals surface area contributed by atoms with Crippen molar-refractivity contribution in [3.05, 3.63) is 59.2 Å². The Morgan fingerprint density at radius 2 is 1.95 bits per heavy atom. The molecule has 2 aromatic rings. The van der Waals surface area contributed by atoms with Crippen LogP contribution >= 0.6 is 0 Å². The summed E-state index contributed by atoms with van der Waals surface area (Å²) in [7, 11) is 0. The summed E-state index contributed by atoms with van der Waals surface area (Å²) < 4.78 is 6.79. The smallest absolute Gasteiger partial charge is 0.231 e. The number of hydrogen-bond donors (Lipinski definition) is 2. The molecule has 6 atom stereocenters. The van der Waals surface area contributed by atoms with E-state index in [0.717, 1.165) is 43.9 Å². The van der Waals surface area contributed by atoms with Crippen LogP contribution in [0, 0.1) is 17.8 Å². The number of Topliss-reactive ketones (excluding diaryl/α,β-unsaturated/α-hetero) is 1. The van der Waals surface area contributed by atoms with Crippen LogP contribution in [0.1, 0.15) is 60.5 Å². The van der Waals surface area contributed by atoms with E-state index in [1.807, 2.05) is 24.3 Å². The minimum atomic E-state index is -0.779. The lowest BCUT2D eigenvalue weighted by Gasteiger charge is -2.59. The van der Waals surface area contributed by atoms with Crippen molar-refractivity contribution in [2.24, 2.45) is 17.8 Å². The summed E-state index contributed by atoms with van der Waals surface area (Å²) in [6.45, 7) is 3.91. The zero-order chi connectivity index (χ0) is 26.0. The van der Waals surface area contributed by atoms with Crippen molar-refractivity contribution in [2.75, 3.05) is 18.4 Å². The number of amides is 2. The number of carbonyl (C=O) groups is 3. The molecule has 7 nitrogen and oxygen atoms in total. The molecule has 2 aliphatic heterocycles. The van der Waals surface area contributed by atoms with Crippen LogP contribution in [-0.4, -0.2) is 54.3 Å². The van der Waals surface area contributed by atoms with Gasteiger partial charge in [-0.2, -0.15) is 0 Å². The van der Waals surface area contributed by atoms with E-state index in [1.165, 1.54) is 30.5 Å². The van der Waals surface area contributed by atoms with Crippen molar-refractivity contribution in [1.29, 1.82) is 0 Å². The van der Waals surface area contributed by atoms with Gasteiger partial charge in [-0.25, -0.2) is 0 Å². The molecule has 2 aromatic carbocycles. The molecule has 1 unspecified atom stereocenters. The summed E-state index contributed by atoms with van der Waals surface area (Å²) in [4.78, 5) is 40.6. The Labute approximate surface area is 223 Å². The van der Waals surface area contributed by atoms with Gasteiger partial charge in [0.2, 0.25) is 12.3 Å². The van der Waals surface area contributed by atoms with E-state index >= 15 is 0 Å². The van der Waals surface area contributed by atoms with E-state index < -0.39 is 5.92 Å². The number of likely N-dealkylation sites (tertiary alicyclic amines) is 1. The zero-order valence-corrected chi connectivity index (χ0v) is 21.8. The van der Waals surface area contributed by atoms with Gasteiger partial charge in [0.05, 0.1) is 17.6 Å². The Morgan fingerprint density at radius 1 is 1.13 bits per heavy atom. The third-order valence-corrected chi connectivity index (χ3v) is 10.0. The van der Waals surface area contributed by atoms with Gasteiger partial charge < -0.3 is 15.4 Å². The first kappa shape index (κ1) is 23.9. The highest BCUT2D eigenvalue weighted by molar-refractivity contribution is 6.09. The largest absolute Gasteiger partial charge is 0.485 e. The van der Waals surface area contributed by atoms with Crippen LogP contribution in [0.5, 0.6) is 5.75 Å². The molecule has 7 rings (SSSR count). The summed E-state index contributed by atoms with van der Waals surface area (Å²) in [6, 6.07) is 13.4. The normalized spacial score (nSPS) is 31.5. The van der Waals surface area contributed by atoms with Crippen LogP contribution in [0.25, 0.3) is 0 Å². The number of piperidine rings is 1. The average Bonchev–Trinajstić information content (AvgIpc) is 3.69. The van der Waals surface area contributed by atoms with Crippen molar-refractivity contribution >= 4 is 23.8 Å². The number of ether oxygens (including phenoxy) is 1. The molecule has 3 aliphatic carbocycles. The van der Waals surface area contributed by atoms with Crippen LogP contribution in [0.15, 0.2) is 42.5 Å². The van der Waals surface area contributed by atoms with Crippen molar-refractivity contribution in [1.82, 2.24) is 10.2 Å². The first-order chi connectivity index (χ1) is 18.5. The molecule has 2 amide bonds. The summed E-state index contributed by atoms with van der Waals surface area (Å²) in [5.74, 6) is 0.888. The van der Waals surface area contributed by atoms with Crippen molar-refractivity contribution in [2.45, 2.75) is 69.1 Å². The molecule has 1 spiro atoms. The fourth-order valence-electron chi connectivity index (χ4n) is 8.10. The maximum absolute atomic E-state index is 13.4. The highest BCUT2D eigenvalue weighted by Gasteiger charge is 2.66. The average molecular weight is 514 g/mol. The number of benzene rings is 2. The SMILES string of the molecule is CC(C(=O)N[C@@H]1CC[C@H]2[C@H]3Cc4ccc(NC=O)c5c4[C@@]2(CCN3CC2CC2)[C@H]1O5)C(=O)c1ccccc1. The van der Waals surface area contributed by atoms with Crippen LogP contribution in [-0.2, 0) is 21.4 Å². The molecule has 0 radical (unpaired) electrons. The van der Waals surface area contributed by atoms with Gasteiger partial charge in [0.25, 0.3) is 0 Å². The third-order valence-electron chi connectivity index (χ3n) is 10.0. The molecule has 2 heterocycles. The van der Waals surface area contributed by atoms with Gasteiger partial charge in [-0.3, -0.25) is 19.3 Å². The van der Waals surface area contributed by atoms with Crippen molar-refractivity contribution in [3.63, 3.8) is 0 Å². The van der Waals surface area contributed by atoms with Crippen LogP contribution in [0.2, 0.25) is 0 Å². The Morgan fingerprint density at radius 3 is 2.71 bits per heavy atom. The van der Waals surface area contributed by atoms with Crippen LogP contribution in [0.3, 0.4) is 0 Å².